The molecule has 1 unspecified atom stereocenters. The number of thiophene rings is 1. The molecule has 2 aliphatic heterocycles. The van der Waals surface area contributed by atoms with E-state index in [0.717, 1.165) is 29.1 Å². The molecule has 1 atom stereocenters. The summed E-state index contributed by atoms with van der Waals surface area (Å²) in [5, 5.41) is 3.31. The highest BCUT2D eigenvalue weighted by atomic mass is 32.2. The zero-order chi connectivity index (χ0) is 23.8. The van der Waals surface area contributed by atoms with Gasteiger partial charge in [-0.15, -0.1) is 11.3 Å². The van der Waals surface area contributed by atoms with Gasteiger partial charge in [-0.1, -0.05) is 24.6 Å². The smallest absolute Gasteiger partial charge is 0.341 e. The van der Waals surface area contributed by atoms with E-state index in [0.29, 0.717) is 36.4 Å². The van der Waals surface area contributed by atoms with Crippen LogP contribution in [-0.2, 0) is 32.5 Å². The van der Waals surface area contributed by atoms with E-state index in [-0.39, 0.29) is 11.4 Å². The molecule has 1 N–H and O–H groups in total. The Kier molecular flexibility index (Phi) is 6.90. The molecule has 0 bridgehead atoms. The number of methoxy groups -OCH3 is 1. The number of nitrogens with zero attached hydrogens (tertiary/aromatic N) is 2. The number of sulfonamides is 1. The highest BCUT2D eigenvalue weighted by Crippen LogP contribution is 2.38. The average Bonchev–Trinajstić information content (AvgIpc) is 3.43. The zero-order valence-corrected chi connectivity index (χ0v) is 20.7. The second-order valence-electron chi connectivity index (χ2n) is 8.39. The highest BCUT2D eigenvalue weighted by Gasteiger charge is 2.40. The number of likely N-dealkylation sites (N-methyl/N-ethyl adjacent to an activating group) is 1. The van der Waals surface area contributed by atoms with Crippen molar-refractivity contribution in [3.8, 4) is 0 Å². The lowest BCUT2D eigenvalue weighted by atomic mass is 10.0. The van der Waals surface area contributed by atoms with Crippen molar-refractivity contribution in [2.45, 2.75) is 50.6 Å². The molecule has 3 heterocycles. The molecule has 33 heavy (non-hydrogen) atoms. The van der Waals surface area contributed by atoms with E-state index in [1.807, 2.05) is 6.92 Å². The summed E-state index contributed by atoms with van der Waals surface area (Å²) in [4.78, 5) is 29.3. The number of nitrogens with one attached hydrogen (secondary N) is 1. The molecule has 178 valence electrons. The third kappa shape index (κ3) is 4.57. The van der Waals surface area contributed by atoms with Gasteiger partial charge in [0.15, 0.2) is 0 Å². The number of ether oxygens (including phenoxy) is 1. The summed E-state index contributed by atoms with van der Waals surface area (Å²) in [6.45, 7) is 6.72. The Balaban J connectivity index is 1.61. The molecule has 1 amide bonds. The van der Waals surface area contributed by atoms with Gasteiger partial charge in [0.25, 0.3) is 0 Å². The van der Waals surface area contributed by atoms with Crippen molar-refractivity contribution in [3.05, 3.63) is 45.8 Å². The van der Waals surface area contributed by atoms with Crippen molar-refractivity contribution in [3.63, 3.8) is 0 Å². The number of carbonyl (C=O) groups excluding carboxylic acids is 2. The van der Waals surface area contributed by atoms with E-state index in [2.05, 4.69) is 17.1 Å². The van der Waals surface area contributed by atoms with Crippen molar-refractivity contribution in [2.24, 2.45) is 0 Å². The molecule has 0 spiro atoms. The maximum atomic E-state index is 13.3. The predicted octanol–water partition coefficient (Wildman–Crippen LogP) is 3.01. The third-order valence-corrected chi connectivity index (χ3v) is 9.40. The van der Waals surface area contributed by atoms with Gasteiger partial charge in [0.2, 0.25) is 15.9 Å². The lowest BCUT2D eigenvalue weighted by molar-refractivity contribution is -0.119. The number of fused-ring (bicyclic) bond motifs is 1. The fourth-order valence-corrected chi connectivity index (χ4v) is 7.40. The first-order valence-corrected chi connectivity index (χ1v) is 13.4. The van der Waals surface area contributed by atoms with E-state index in [4.69, 9.17) is 4.74 Å². The van der Waals surface area contributed by atoms with Crippen molar-refractivity contribution in [1.82, 2.24) is 9.21 Å². The van der Waals surface area contributed by atoms with Crippen molar-refractivity contribution in [2.75, 3.05) is 32.1 Å². The van der Waals surface area contributed by atoms with Crippen molar-refractivity contribution in [1.29, 1.82) is 0 Å². The predicted molar refractivity (Wildman–Crippen MR) is 127 cm³/mol. The minimum atomic E-state index is -3.81. The molecular weight excluding hydrogens is 462 g/mol. The summed E-state index contributed by atoms with van der Waals surface area (Å²) in [5.74, 6) is -0.900. The van der Waals surface area contributed by atoms with Gasteiger partial charge >= 0.3 is 5.97 Å². The number of carbonyl (C=O) groups is 2. The number of amides is 1. The van der Waals surface area contributed by atoms with Gasteiger partial charge in [0.1, 0.15) is 11.0 Å². The number of rotatable bonds is 6. The van der Waals surface area contributed by atoms with Gasteiger partial charge in [-0.3, -0.25) is 9.69 Å². The standard InChI is InChI=1S/C23H29N3O5S2/c1-4-25-13-11-17-19(14-25)32-22(20(17)23(28)31-3)24-21(27)18-6-5-12-26(18)33(29,30)16-9-7-15(2)8-10-16/h7-10,18H,4-6,11-14H2,1-3H3,(H,24,27). The molecular formula is C23H29N3O5S2. The fourth-order valence-electron chi connectivity index (χ4n) is 4.46. The average molecular weight is 492 g/mol. The third-order valence-electron chi connectivity index (χ3n) is 6.34. The normalized spacial score (nSPS) is 19.3. The Bertz CT molecular complexity index is 1160. The monoisotopic (exact) mass is 491 g/mol. The molecule has 1 aromatic heterocycles. The van der Waals surface area contributed by atoms with Crippen LogP contribution in [-0.4, -0.2) is 62.3 Å². The Labute approximate surface area is 198 Å². The number of aryl methyl sites for hydroxylation is 1. The van der Waals surface area contributed by atoms with Crippen molar-refractivity contribution < 1.29 is 22.7 Å². The van der Waals surface area contributed by atoms with Gasteiger partial charge in [0, 0.05) is 24.5 Å². The van der Waals surface area contributed by atoms with Crippen LogP contribution in [0.25, 0.3) is 0 Å². The molecule has 0 radical (unpaired) electrons. The molecule has 1 fully saturated rings. The van der Waals surface area contributed by atoms with E-state index >= 15 is 0 Å². The molecule has 2 aliphatic rings. The van der Waals surface area contributed by atoms with Crippen LogP contribution in [0, 0.1) is 6.92 Å². The van der Waals surface area contributed by atoms with Gasteiger partial charge in [-0.2, -0.15) is 4.31 Å². The quantitative estimate of drug-likeness (QED) is 0.624. The van der Waals surface area contributed by atoms with Gasteiger partial charge in [0.05, 0.1) is 17.6 Å². The number of hydrogen-bond donors (Lipinski definition) is 1. The van der Waals surface area contributed by atoms with Crippen LogP contribution in [0.4, 0.5) is 5.00 Å². The van der Waals surface area contributed by atoms with Crippen LogP contribution in [0.5, 0.6) is 0 Å². The highest BCUT2D eigenvalue weighted by molar-refractivity contribution is 7.89. The fraction of sp³-hybridized carbons (Fsp3) is 0.478. The summed E-state index contributed by atoms with van der Waals surface area (Å²) >= 11 is 1.38. The van der Waals surface area contributed by atoms with Crippen molar-refractivity contribution >= 4 is 38.2 Å². The first-order chi connectivity index (χ1) is 15.8. The van der Waals surface area contributed by atoms with Crippen LogP contribution in [0.2, 0.25) is 0 Å². The Morgan fingerprint density at radius 3 is 2.61 bits per heavy atom. The molecule has 8 nitrogen and oxygen atoms in total. The Morgan fingerprint density at radius 1 is 1.21 bits per heavy atom. The maximum Gasteiger partial charge on any atom is 0.341 e. The number of benzene rings is 1. The molecule has 2 aromatic rings. The number of esters is 1. The van der Waals surface area contributed by atoms with Gasteiger partial charge in [-0.25, -0.2) is 13.2 Å². The van der Waals surface area contributed by atoms with E-state index in [9.17, 15) is 18.0 Å². The zero-order valence-electron chi connectivity index (χ0n) is 19.1. The molecule has 0 aliphatic carbocycles. The first kappa shape index (κ1) is 23.9. The summed E-state index contributed by atoms with van der Waals surface area (Å²) in [7, 11) is -2.48. The minimum absolute atomic E-state index is 0.175. The molecule has 1 saturated heterocycles. The first-order valence-electron chi connectivity index (χ1n) is 11.1. The van der Waals surface area contributed by atoms with Gasteiger partial charge < -0.3 is 10.1 Å². The molecule has 4 rings (SSSR count). The van der Waals surface area contributed by atoms with Crippen LogP contribution >= 0.6 is 11.3 Å². The number of anilines is 1. The van der Waals surface area contributed by atoms with Crippen LogP contribution in [0.15, 0.2) is 29.2 Å². The van der Waals surface area contributed by atoms with E-state index in [1.54, 1.807) is 24.3 Å². The summed E-state index contributed by atoms with van der Waals surface area (Å²) in [5.41, 5.74) is 2.28. The topological polar surface area (TPSA) is 96.0 Å². The Hall–Kier alpha value is -2.27. The van der Waals surface area contributed by atoms with E-state index in [1.165, 1.54) is 22.8 Å². The lowest BCUT2D eigenvalue weighted by Gasteiger charge is -2.25. The summed E-state index contributed by atoms with van der Waals surface area (Å²) in [6.07, 6.45) is 1.73. The molecule has 10 heteroatoms. The van der Waals surface area contributed by atoms with E-state index < -0.39 is 27.9 Å². The molecule has 1 aromatic carbocycles. The SMILES string of the molecule is CCN1CCc2c(sc(NC(=O)C3CCCN3S(=O)(=O)c3ccc(C)cc3)c2C(=O)OC)C1. The minimum Gasteiger partial charge on any atom is -0.465 e. The van der Waals surface area contributed by atoms with Gasteiger partial charge in [-0.05, 0) is 50.4 Å². The number of hydrogen-bond acceptors (Lipinski definition) is 7. The second kappa shape index (κ2) is 9.54. The summed E-state index contributed by atoms with van der Waals surface area (Å²) < 4.78 is 32.7. The lowest BCUT2D eigenvalue weighted by Crippen LogP contribution is -2.43. The molecule has 0 saturated carbocycles. The van der Waals surface area contributed by atoms with Crippen LogP contribution in [0.1, 0.15) is 46.1 Å². The summed E-state index contributed by atoms with van der Waals surface area (Å²) in [6, 6.07) is 5.81. The Morgan fingerprint density at radius 2 is 1.94 bits per heavy atom. The largest absolute Gasteiger partial charge is 0.465 e. The van der Waals surface area contributed by atoms with Crippen LogP contribution < -0.4 is 5.32 Å². The van der Waals surface area contributed by atoms with Crippen LogP contribution in [0.3, 0.4) is 0 Å². The second-order valence-corrected chi connectivity index (χ2v) is 11.4. The maximum absolute atomic E-state index is 13.3.